The molecule has 1 rings (SSSR count). The van der Waals surface area contributed by atoms with Crippen molar-refractivity contribution < 1.29 is 9.53 Å². The number of ether oxygens (including phenoxy) is 1. The summed E-state index contributed by atoms with van der Waals surface area (Å²) >= 11 is 2.29. The molecule has 3 atom stereocenters. The monoisotopic (exact) mass is 282 g/mol. The number of cyclic esters (lactones) is 1. The average molecular weight is 282 g/mol. The van der Waals surface area contributed by atoms with Crippen LogP contribution in [0.1, 0.15) is 26.7 Å². The molecule has 0 bridgehead atoms. The largest absolute Gasteiger partial charge is 0.461 e. The van der Waals surface area contributed by atoms with Gasteiger partial charge in [0, 0.05) is 10.3 Å². The highest BCUT2D eigenvalue weighted by Gasteiger charge is 2.40. The van der Waals surface area contributed by atoms with Gasteiger partial charge >= 0.3 is 5.97 Å². The Morgan fingerprint density at radius 2 is 2.25 bits per heavy atom. The number of hydrogen-bond acceptors (Lipinski definition) is 2. The lowest BCUT2D eigenvalue weighted by atomic mass is 9.89. The molecule has 0 aromatic heterocycles. The van der Waals surface area contributed by atoms with E-state index in [-0.39, 0.29) is 18.0 Å². The maximum atomic E-state index is 11.2. The Morgan fingerprint density at radius 3 is 2.75 bits per heavy atom. The first-order valence-corrected chi connectivity index (χ1v) is 5.99. The van der Waals surface area contributed by atoms with E-state index >= 15 is 0 Å². The van der Waals surface area contributed by atoms with Gasteiger partial charge in [-0.1, -0.05) is 42.9 Å². The van der Waals surface area contributed by atoms with Crippen molar-refractivity contribution >= 4 is 28.6 Å². The second-order valence-corrected chi connectivity index (χ2v) is 4.25. The highest BCUT2D eigenvalue weighted by molar-refractivity contribution is 14.1. The fourth-order valence-corrected chi connectivity index (χ4v) is 2.59. The molecule has 0 saturated carbocycles. The number of rotatable bonds is 3. The van der Waals surface area contributed by atoms with Crippen LogP contribution in [0.2, 0.25) is 0 Å². The molecule has 12 heavy (non-hydrogen) atoms. The topological polar surface area (TPSA) is 26.3 Å². The zero-order chi connectivity index (χ0) is 9.14. The molecule has 2 nitrogen and oxygen atoms in total. The smallest absolute Gasteiger partial charge is 0.309 e. The fraction of sp³-hybridized carbons (Fsp3) is 0.889. The SMILES string of the molecule is CCC[C@H]1[C@H](CI)OC(=O)[C@H]1C. The Balaban J connectivity index is 2.60. The van der Waals surface area contributed by atoms with Gasteiger partial charge in [0.2, 0.25) is 0 Å². The molecule has 0 amide bonds. The summed E-state index contributed by atoms with van der Waals surface area (Å²) in [5.74, 6) is 0.569. The maximum absolute atomic E-state index is 11.2. The highest BCUT2D eigenvalue weighted by atomic mass is 127. The van der Waals surface area contributed by atoms with Crippen molar-refractivity contribution in [2.24, 2.45) is 11.8 Å². The van der Waals surface area contributed by atoms with Crippen molar-refractivity contribution in [3.8, 4) is 0 Å². The van der Waals surface area contributed by atoms with Gasteiger partial charge in [0.05, 0.1) is 5.92 Å². The van der Waals surface area contributed by atoms with Gasteiger partial charge in [0.1, 0.15) is 6.10 Å². The first-order chi connectivity index (χ1) is 5.70. The summed E-state index contributed by atoms with van der Waals surface area (Å²) in [5, 5.41) is 0. The lowest BCUT2D eigenvalue weighted by Gasteiger charge is -2.15. The van der Waals surface area contributed by atoms with Crippen LogP contribution in [0.15, 0.2) is 0 Å². The van der Waals surface area contributed by atoms with Crippen LogP contribution in [0.3, 0.4) is 0 Å². The molecule has 0 spiro atoms. The molecule has 0 radical (unpaired) electrons. The Bertz CT molecular complexity index is 170. The van der Waals surface area contributed by atoms with Crippen LogP contribution in [0.5, 0.6) is 0 Å². The molecular weight excluding hydrogens is 267 g/mol. The number of hydrogen-bond donors (Lipinski definition) is 0. The molecule has 1 fully saturated rings. The summed E-state index contributed by atoms with van der Waals surface area (Å²) in [4.78, 5) is 11.2. The summed E-state index contributed by atoms with van der Waals surface area (Å²) in [6.45, 7) is 4.13. The Morgan fingerprint density at radius 1 is 1.58 bits per heavy atom. The third kappa shape index (κ3) is 1.92. The van der Waals surface area contributed by atoms with Gasteiger partial charge in [-0.25, -0.2) is 0 Å². The second kappa shape index (κ2) is 4.44. The number of alkyl halides is 1. The zero-order valence-electron chi connectivity index (χ0n) is 7.55. The second-order valence-electron chi connectivity index (χ2n) is 3.37. The van der Waals surface area contributed by atoms with Crippen molar-refractivity contribution in [3.63, 3.8) is 0 Å². The van der Waals surface area contributed by atoms with Gasteiger partial charge in [0.15, 0.2) is 0 Å². The molecule has 1 saturated heterocycles. The minimum absolute atomic E-state index is 0.00452. The third-order valence-corrected chi connectivity index (χ3v) is 3.40. The van der Waals surface area contributed by atoms with Crippen molar-refractivity contribution in [3.05, 3.63) is 0 Å². The summed E-state index contributed by atoms with van der Waals surface area (Å²) < 4.78 is 6.17. The van der Waals surface area contributed by atoms with Gasteiger partial charge in [-0.05, 0) is 6.42 Å². The van der Waals surface area contributed by atoms with Crippen LogP contribution in [-0.2, 0) is 9.53 Å². The van der Waals surface area contributed by atoms with E-state index in [2.05, 4.69) is 29.5 Å². The molecule has 0 aromatic rings. The van der Waals surface area contributed by atoms with Crippen LogP contribution in [-0.4, -0.2) is 16.5 Å². The first-order valence-electron chi connectivity index (χ1n) is 4.47. The molecule has 0 aliphatic carbocycles. The predicted octanol–water partition coefficient (Wildman–Crippen LogP) is 2.40. The number of esters is 1. The third-order valence-electron chi connectivity index (χ3n) is 2.53. The Hall–Kier alpha value is 0.200. The van der Waals surface area contributed by atoms with E-state index in [0.29, 0.717) is 5.92 Å². The molecule has 1 aliphatic rings. The number of halogens is 1. The van der Waals surface area contributed by atoms with Crippen molar-refractivity contribution in [1.82, 2.24) is 0 Å². The highest BCUT2D eigenvalue weighted by Crippen LogP contribution is 2.32. The van der Waals surface area contributed by atoms with Crippen molar-refractivity contribution in [1.29, 1.82) is 0 Å². The average Bonchev–Trinajstić information content (AvgIpc) is 2.33. The van der Waals surface area contributed by atoms with E-state index in [1.807, 2.05) is 6.92 Å². The normalized spacial score (nSPS) is 35.2. The van der Waals surface area contributed by atoms with E-state index in [1.54, 1.807) is 0 Å². The predicted molar refractivity (Wildman–Crippen MR) is 56.3 cm³/mol. The molecule has 0 N–H and O–H groups in total. The molecule has 70 valence electrons. The van der Waals surface area contributed by atoms with Crippen LogP contribution in [0.4, 0.5) is 0 Å². The maximum Gasteiger partial charge on any atom is 0.309 e. The lowest BCUT2D eigenvalue weighted by Crippen LogP contribution is -2.20. The van der Waals surface area contributed by atoms with E-state index in [4.69, 9.17) is 4.74 Å². The molecular formula is C9H15IO2. The van der Waals surface area contributed by atoms with Gasteiger partial charge < -0.3 is 4.74 Å². The van der Waals surface area contributed by atoms with Crippen LogP contribution < -0.4 is 0 Å². The van der Waals surface area contributed by atoms with Crippen LogP contribution in [0.25, 0.3) is 0 Å². The summed E-state index contributed by atoms with van der Waals surface area (Å²) in [6.07, 6.45) is 2.42. The summed E-state index contributed by atoms with van der Waals surface area (Å²) in [5.41, 5.74) is 0. The summed E-state index contributed by atoms with van der Waals surface area (Å²) in [6, 6.07) is 0. The van der Waals surface area contributed by atoms with Gasteiger partial charge in [-0.15, -0.1) is 0 Å². The minimum Gasteiger partial charge on any atom is -0.461 e. The van der Waals surface area contributed by atoms with Gasteiger partial charge in [0.25, 0.3) is 0 Å². The quantitative estimate of drug-likeness (QED) is 0.451. The zero-order valence-corrected chi connectivity index (χ0v) is 9.71. The fourth-order valence-electron chi connectivity index (χ4n) is 1.76. The van der Waals surface area contributed by atoms with Gasteiger partial charge in [-0.2, -0.15) is 0 Å². The van der Waals surface area contributed by atoms with Crippen LogP contribution >= 0.6 is 22.6 Å². The number of carbonyl (C=O) groups excluding carboxylic acids is 1. The molecule has 1 heterocycles. The van der Waals surface area contributed by atoms with E-state index < -0.39 is 0 Å². The van der Waals surface area contributed by atoms with E-state index in [1.165, 1.54) is 0 Å². The van der Waals surface area contributed by atoms with Gasteiger partial charge in [-0.3, -0.25) is 4.79 Å². The standard InChI is InChI=1S/C9H15IO2/c1-3-4-7-6(2)9(11)12-8(7)5-10/h6-8H,3-5H2,1-2H3/t6-,7+,8-/m0/s1. The minimum atomic E-state index is -0.00452. The summed E-state index contributed by atoms with van der Waals surface area (Å²) in [7, 11) is 0. The van der Waals surface area contributed by atoms with Crippen LogP contribution in [0, 0.1) is 11.8 Å². The lowest BCUT2D eigenvalue weighted by molar-refractivity contribution is -0.143. The first kappa shape index (κ1) is 10.3. The van der Waals surface area contributed by atoms with E-state index in [9.17, 15) is 4.79 Å². The molecule has 3 heteroatoms. The Labute approximate surface area is 87.2 Å². The number of carbonyl (C=O) groups is 1. The van der Waals surface area contributed by atoms with E-state index in [0.717, 1.165) is 17.3 Å². The molecule has 0 aromatic carbocycles. The van der Waals surface area contributed by atoms with Crippen molar-refractivity contribution in [2.45, 2.75) is 32.8 Å². The molecule has 0 unspecified atom stereocenters. The van der Waals surface area contributed by atoms with Crippen molar-refractivity contribution in [2.75, 3.05) is 4.43 Å². The Kier molecular flexibility index (Phi) is 3.80. The molecule has 1 aliphatic heterocycles.